The van der Waals surface area contributed by atoms with Gasteiger partial charge in [-0.05, 0) is 25.7 Å². The van der Waals surface area contributed by atoms with E-state index in [1.807, 2.05) is 0 Å². The lowest BCUT2D eigenvalue weighted by atomic mass is 9.77. The van der Waals surface area contributed by atoms with E-state index in [1.165, 1.54) is 19.3 Å². The van der Waals surface area contributed by atoms with Crippen molar-refractivity contribution >= 4 is 5.78 Å². The molecule has 0 saturated carbocycles. The average molecular weight is 297 g/mol. The molecular formula is C16H19N5O. The van der Waals surface area contributed by atoms with E-state index in [-0.39, 0.29) is 11.7 Å². The van der Waals surface area contributed by atoms with Crippen molar-refractivity contribution in [3.8, 4) is 5.95 Å². The predicted molar refractivity (Wildman–Crippen MR) is 80.8 cm³/mol. The highest BCUT2D eigenvalue weighted by molar-refractivity contribution is 5.97. The summed E-state index contributed by atoms with van der Waals surface area (Å²) in [5.41, 5.74) is 0.619. The average Bonchev–Trinajstić information content (AvgIpc) is 3.08. The summed E-state index contributed by atoms with van der Waals surface area (Å²) in [6, 6.07) is 1.01. The van der Waals surface area contributed by atoms with Gasteiger partial charge in [0.25, 0.3) is 0 Å². The number of nitrogens with one attached hydrogen (secondary N) is 1. The fourth-order valence-electron chi connectivity index (χ4n) is 3.67. The molecule has 2 aromatic heterocycles. The lowest BCUT2D eigenvalue weighted by Crippen LogP contribution is -2.50. The Kier molecular flexibility index (Phi) is 3.46. The van der Waals surface area contributed by atoms with Gasteiger partial charge in [-0.25, -0.2) is 15.0 Å². The first-order valence-corrected chi connectivity index (χ1v) is 7.90. The molecule has 114 valence electrons. The first kappa shape index (κ1) is 13.6. The largest absolute Gasteiger partial charge is 0.311 e. The maximum Gasteiger partial charge on any atom is 0.234 e. The molecule has 2 saturated heterocycles. The Morgan fingerprint density at radius 1 is 1.18 bits per heavy atom. The Balaban J connectivity index is 1.50. The van der Waals surface area contributed by atoms with E-state index in [2.05, 4.69) is 20.3 Å². The van der Waals surface area contributed by atoms with Crippen LogP contribution in [-0.2, 0) is 0 Å². The molecular weight excluding hydrogens is 278 g/mol. The molecule has 0 spiro atoms. The molecule has 2 unspecified atom stereocenters. The molecule has 4 rings (SSSR count). The van der Waals surface area contributed by atoms with E-state index in [0.717, 1.165) is 12.8 Å². The fraction of sp³-hybridized carbons (Fsp3) is 0.500. The van der Waals surface area contributed by atoms with Gasteiger partial charge in [0.1, 0.15) is 6.33 Å². The van der Waals surface area contributed by atoms with E-state index in [0.29, 0.717) is 23.6 Å². The summed E-state index contributed by atoms with van der Waals surface area (Å²) in [6.07, 6.45) is 13.9. The van der Waals surface area contributed by atoms with Crippen LogP contribution in [0.5, 0.6) is 0 Å². The molecule has 2 aliphatic rings. The van der Waals surface area contributed by atoms with Crippen LogP contribution >= 0.6 is 0 Å². The summed E-state index contributed by atoms with van der Waals surface area (Å²) in [5, 5.41) is 3.62. The van der Waals surface area contributed by atoms with Crippen molar-refractivity contribution in [1.82, 2.24) is 24.8 Å². The van der Waals surface area contributed by atoms with Crippen LogP contribution in [0.4, 0.5) is 0 Å². The first-order chi connectivity index (χ1) is 10.8. The zero-order valence-electron chi connectivity index (χ0n) is 12.4. The number of carbonyl (C=O) groups is 1. The monoisotopic (exact) mass is 297 g/mol. The minimum Gasteiger partial charge on any atom is -0.311 e. The second-order valence-electron chi connectivity index (χ2n) is 6.27. The van der Waals surface area contributed by atoms with Gasteiger partial charge in [0.2, 0.25) is 5.95 Å². The van der Waals surface area contributed by atoms with Crippen LogP contribution in [-0.4, -0.2) is 37.4 Å². The minimum atomic E-state index is 0.110. The van der Waals surface area contributed by atoms with E-state index < -0.39 is 0 Å². The molecule has 4 heterocycles. The molecule has 2 fully saturated rings. The topological polar surface area (TPSA) is 72.7 Å². The van der Waals surface area contributed by atoms with Gasteiger partial charge in [-0.15, -0.1) is 0 Å². The lowest BCUT2D eigenvalue weighted by molar-refractivity contribution is 0.0824. The zero-order chi connectivity index (χ0) is 14.9. The number of hydrogen-bond donors (Lipinski definition) is 1. The number of piperidine rings is 2. The molecule has 22 heavy (non-hydrogen) atoms. The van der Waals surface area contributed by atoms with E-state index in [1.54, 1.807) is 35.7 Å². The standard InChI is InChI=1S/C16H19N5O/c22-15(11-6-13-2-1-3-14(7-11)20-13)12-8-18-16(19-9-12)21-5-4-17-10-21/h4-5,8-11,13-14,20H,1-3,6-7H2. The summed E-state index contributed by atoms with van der Waals surface area (Å²) < 4.78 is 1.73. The summed E-state index contributed by atoms with van der Waals surface area (Å²) in [4.78, 5) is 25.2. The normalized spacial score (nSPS) is 27.5. The number of carbonyl (C=O) groups excluding carboxylic acids is 1. The second-order valence-corrected chi connectivity index (χ2v) is 6.27. The molecule has 2 atom stereocenters. The highest BCUT2D eigenvalue weighted by Gasteiger charge is 2.35. The van der Waals surface area contributed by atoms with Gasteiger partial charge in [0.15, 0.2) is 5.78 Å². The molecule has 0 amide bonds. The van der Waals surface area contributed by atoms with Crippen LogP contribution < -0.4 is 5.32 Å². The summed E-state index contributed by atoms with van der Waals surface area (Å²) in [5.74, 6) is 0.839. The van der Waals surface area contributed by atoms with Gasteiger partial charge in [0.05, 0.1) is 5.56 Å². The van der Waals surface area contributed by atoms with Crippen LogP contribution in [0, 0.1) is 5.92 Å². The Morgan fingerprint density at radius 2 is 1.91 bits per heavy atom. The molecule has 2 bridgehead atoms. The lowest BCUT2D eigenvalue weighted by Gasteiger charge is -2.39. The van der Waals surface area contributed by atoms with Crippen molar-refractivity contribution in [3.63, 3.8) is 0 Å². The van der Waals surface area contributed by atoms with Crippen LogP contribution in [0.15, 0.2) is 31.1 Å². The van der Waals surface area contributed by atoms with Crippen molar-refractivity contribution in [2.24, 2.45) is 5.92 Å². The van der Waals surface area contributed by atoms with Crippen LogP contribution in [0.3, 0.4) is 0 Å². The number of fused-ring (bicyclic) bond motifs is 2. The summed E-state index contributed by atoms with van der Waals surface area (Å²) >= 11 is 0. The molecule has 0 radical (unpaired) electrons. The number of hydrogen-bond acceptors (Lipinski definition) is 5. The molecule has 2 aromatic rings. The van der Waals surface area contributed by atoms with Gasteiger partial charge in [-0.1, -0.05) is 6.42 Å². The molecule has 1 N–H and O–H groups in total. The number of Topliss-reactive ketones (excluding diaryl/α,β-unsaturated/α-hetero) is 1. The van der Waals surface area contributed by atoms with Crippen molar-refractivity contribution < 1.29 is 4.79 Å². The van der Waals surface area contributed by atoms with Crippen molar-refractivity contribution in [2.45, 2.75) is 44.2 Å². The summed E-state index contributed by atoms with van der Waals surface area (Å²) in [6.45, 7) is 0. The maximum atomic E-state index is 12.7. The third kappa shape index (κ3) is 2.54. The van der Waals surface area contributed by atoms with E-state index >= 15 is 0 Å². The van der Waals surface area contributed by atoms with Crippen LogP contribution in [0.1, 0.15) is 42.5 Å². The van der Waals surface area contributed by atoms with Gasteiger partial charge >= 0.3 is 0 Å². The Labute approximate surface area is 129 Å². The third-order valence-electron chi connectivity index (χ3n) is 4.74. The van der Waals surface area contributed by atoms with Crippen molar-refractivity contribution in [2.75, 3.05) is 0 Å². The number of aromatic nitrogens is 4. The Morgan fingerprint density at radius 3 is 2.55 bits per heavy atom. The van der Waals surface area contributed by atoms with Crippen LogP contribution in [0.25, 0.3) is 5.95 Å². The first-order valence-electron chi connectivity index (χ1n) is 7.90. The summed E-state index contributed by atoms with van der Waals surface area (Å²) in [7, 11) is 0. The Bertz CT molecular complexity index is 640. The molecule has 6 nitrogen and oxygen atoms in total. The van der Waals surface area contributed by atoms with Crippen molar-refractivity contribution in [1.29, 1.82) is 0 Å². The molecule has 0 aliphatic carbocycles. The van der Waals surface area contributed by atoms with Crippen LogP contribution in [0.2, 0.25) is 0 Å². The fourth-order valence-corrected chi connectivity index (χ4v) is 3.67. The van der Waals surface area contributed by atoms with E-state index in [4.69, 9.17) is 0 Å². The number of imidazole rings is 1. The Hall–Kier alpha value is -2.08. The number of rotatable bonds is 3. The van der Waals surface area contributed by atoms with Crippen molar-refractivity contribution in [3.05, 3.63) is 36.7 Å². The van der Waals surface area contributed by atoms with E-state index in [9.17, 15) is 4.79 Å². The number of nitrogens with zero attached hydrogens (tertiary/aromatic N) is 4. The van der Waals surface area contributed by atoms with Gasteiger partial charge in [0, 0.05) is 42.8 Å². The van der Waals surface area contributed by atoms with Gasteiger partial charge in [-0.2, -0.15) is 0 Å². The molecule has 0 aromatic carbocycles. The predicted octanol–water partition coefficient (Wildman–Crippen LogP) is 1.77. The third-order valence-corrected chi connectivity index (χ3v) is 4.74. The minimum absolute atomic E-state index is 0.110. The maximum absolute atomic E-state index is 12.7. The molecule has 2 aliphatic heterocycles. The zero-order valence-corrected chi connectivity index (χ0v) is 12.4. The quantitative estimate of drug-likeness (QED) is 0.874. The highest BCUT2D eigenvalue weighted by atomic mass is 16.1. The second kappa shape index (κ2) is 5.61. The molecule has 6 heteroatoms. The van der Waals surface area contributed by atoms with Gasteiger partial charge < -0.3 is 5.32 Å². The smallest absolute Gasteiger partial charge is 0.234 e. The highest BCUT2D eigenvalue weighted by Crippen LogP contribution is 2.31. The SMILES string of the molecule is O=C(c1cnc(-n2ccnc2)nc1)C1CC2CCCC(C1)N2. The van der Waals surface area contributed by atoms with Gasteiger partial charge in [-0.3, -0.25) is 9.36 Å². The number of ketones is 1.